The summed E-state index contributed by atoms with van der Waals surface area (Å²) in [5.74, 6) is -0.206. The summed E-state index contributed by atoms with van der Waals surface area (Å²) in [6.45, 7) is 2.19. The van der Waals surface area contributed by atoms with Gasteiger partial charge in [0.2, 0.25) is 0 Å². The summed E-state index contributed by atoms with van der Waals surface area (Å²) in [4.78, 5) is 24.4. The first-order valence-corrected chi connectivity index (χ1v) is 10.6. The van der Waals surface area contributed by atoms with Gasteiger partial charge in [-0.3, -0.25) is 23.6 Å². The van der Waals surface area contributed by atoms with Crippen LogP contribution in [0.4, 0.5) is 17.1 Å². The maximum Gasteiger partial charge on any atom is 0.397 e. The molecule has 0 fully saturated rings. The molecule has 0 bridgehead atoms. The van der Waals surface area contributed by atoms with Gasteiger partial charge in [0.1, 0.15) is 5.69 Å². The van der Waals surface area contributed by atoms with Crippen molar-refractivity contribution in [2.24, 2.45) is 0 Å². The van der Waals surface area contributed by atoms with Crippen molar-refractivity contribution in [1.82, 2.24) is 4.90 Å². The van der Waals surface area contributed by atoms with Crippen LogP contribution in [0.1, 0.15) is 22.8 Å². The Balaban J connectivity index is 0.000000534. The average Bonchev–Trinajstić information content (AvgIpc) is 2.74. The van der Waals surface area contributed by atoms with E-state index in [-0.39, 0.29) is 11.5 Å². The number of benzene rings is 2. The van der Waals surface area contributed by atoms with Crippen LogP contribution in [0.2, 0.25) is 0 Å². The van der Waals surface area contributed by atoms with Gasteiger partial charge in [-0.1, -0.05) is 18.2 Å². The summed E-state index contributed by atoms with van der Waals surface area (Å²) >= 11 is 0. The molecule has 0 radical (unpaired) electrons. The molecule has 0 amide bonds. The van der Waals surface area contributed by atoms with Crippen molar-refractivity contribution in [3.05, 3.63) is 82.1 Å². The second kappa shape index (κ2) is 10.7. The Labute approximate surface area is 185 Å². The standard InChI is InChI=1S/C20H19N3O3.CH4O4S/c1-14(24)15-8-9-19(20(12-15)23(25)26)21-18-7-3-5-16(11-18)17-6-4-10-22(2)13-17;1-5-6(2,3)4/h3-12,21H,13H2,1-2H3;1H3,(H,2,3,4). The van der Waals surface area contributed by atoms with Crippen molar-refractivity contribution in [2.45, 2.75) is 6.92 Å². The van der Waals surface area contributed by atoms with Crippen LogP contribution in [-0.4, -0.2) is 49.3 Å². The minimum atomic E-state index is -4.16. The van der Waals surface area contributed by atoms with E-state index in [2.05, 4.69) is 20.5 Å². The van der Waals surface area contributed by atoms with E-state index < -0.39 is 15.3 Å². The second-order valence-electron chi connectivity index (χ2n) is 6.79. The lowest BCUT2D eigenvalue weighted by Gasteiger charge is -2.20. The molecule has 1 aliphatic heterocycles. The molecule has 0 spiro atoms. The van der Waals surface area contributed by atoms with E-state index in [1.165, 1.54) is 18.6 Å². The fraction of sp³-hybridized carbons (Fsp3) is 0.190. The molecule has 2 N–H and O–H groups in total. The average molecular weight is 461 g/mol. The van der Waals surface area contributed by atoms with Crippen LogP contribution in [-0.2, 0) is 14.6 Å². The molecule has 10 nitrogen and oxygen atoms in total. The van der Waals surface area contributed by atoms with Crippen LogP contribution in [0.15, 0.2) is 60.8 Å². The first kappa shape index (κ1) is 24.7. The summed E-state index contributed by atoms with van der Waals surface area (Å²) in [6.07, 6.45) is 6.05. The highest BCUT2D eigenvalue weighted by atomic mass is 32.3. The Hall–Kier alpha value is -3.54. The van der Waals surface area contributed by atoms with Crippen molar-refractivity contribution in [2.75, 3.05) is 26.0 Å². The monoisotopic (exact) mass is 461 g/mol. The van der Waals surface area contributed by atoms with Crippen LogP contribution in [0.3, 0.4) is 0 Å². The lowest BCUT2D eigenvalue weighted by molar-refractivity contribution is -0.383. The Morgan fingerprint density at radius 3 is 2.50 bits per heavy atom. The van der Waals surface area contributed by atoms with Gasteiger partial charge in [-0.05, 0) is 54.6 Å². The highest BCUT2D eigenvalue weighted by molar-refractivity contribution is 7.80. The second-order valence-corrected chi connectivity index (χ2v) is 7.98. The Bertz CT molecular complexity index is 1170. The third-order valence-corrected chi connectivity index (χ3v) is 4.80. The Morgan fingerprint density at radius 1 is 1.25 bits per heavy atom. The van der Waals surface area contributed by atoms with E-state index >= 15 is 0 Å². The molecule has 32 heavy (non-hydrogen) atoms. The number of allylic oxidation sites excluding steroid dienone is 2. The minimum absolute atomic E-state index is 0.123. The van der Waals surface area contributed by atoms with E-state index in [0.717, 1.165) is 24.9 Å². The zero-order valence-corrected chi connectivity index (χ0v) is 18.5. The van der Waals surface area contributed by atoms with Crippen molar-refractivity contribution >= 4 is 38.8 Å². The van der Waals surface area contributed by atoms with Gasteiger partial charge in [0.05, 0.1) is 12.0 Å². The van der Waals surface area contributed by atoms with Crippen LogP contribution < -0.4 is 5.32 Å². The van der Waals surface area contributed by atoms with Gasteiger partial charge in [0, 0.05) is 30.9 Å². The van der Waals surface area contributed by atoms with Gasteiger partial charge in [-0.25, -0.2) is 0 Å². The van der Waals surface area contributed by atoms with Crippen LogP contribution >= 0.6 is 0 Å². The fourth-order valence-corrected chi connectivity index (χ4v) is 2.83. The number of nitrogens with zero attached hydrogens (tertiary/aromatic N) is 2. The number of nitro benzene ring substituents is 1. The SMILES string of the molecule is CC(=O)c1ccc(Nc2cccc(C3=CC=CN(C)C3)c2)c([N+](=O)[O-])c1.COS(=O)(=O)O. The van der Waals surface area contributed by atoms with Crippen molar-refractivity contribution in [3.63, 3.8) is 0 Å². The minimum Gasteiger partial charge on any atom is -0.376 e. The number of carbonyl (C=O) groups is 1. The third kappa shape index (κ3) is 7.30. The largest absolute Gasteiger partial charge is 0.397 e. The number of anilines is 2. The fourth-order valence-electron chi connectivity index (χ4n) is 2.83. The van der Waals surface area contributed by atoms with Gasteiger partial charge in [0.25, 0.3) is 5.69 Å². The lowest BCUT2D eigenvalue weighted by atomic mass is 10.0. The van der Waals surface area contributed by atoms with E-state index in [4.69, 9.17) is 4.55 Å². The molecule has 1 aliphatic rings. The Kier molecular flexibility index (Phi) is 8.24. The Morgan fingerprint density at radius 2 is 1.94 bits per heavy atom. The smallest absolute Gasteiger partial charge is 0.376 e. The zero-order valence-electron chi connectivity index (χ0n) is 17.7. The third-order valence-electron chi connectivity index (χ3n) is 4.38. The molecule has 2 aromatic carbocycles. The number of nitrogens with one attached hydrogen (secondary N) is 1. The maximum atomic E-state index is 11.5. The number of hydrogen-bond donors (Lipinski definition) is 2. The first-order valence-electron chi connectivity index (χ1n) is 9.27. The van der Waals surface area contributed by atoms with Crippen molar-refractivity contribution in [3.8, 4) is 0 Å². The van der Waals surface area contributed by atoms with E-state index in [0.29, 0.717) is 11.3 Å². The molecule has 1 heterocycles. The topological polar surface area (TPSA) is 139 Å². The van der Waals surface area contributed by atoms with Crippen molar-refractivity contribution < 1.29 is 26.9 Å². The molecular formula is C21H23N3O7S. The van der Waals surface area contributed by atoms with Gasteiger partial charge in [-0.2, -0.15) is 8.42 Å². The van der Waals surface area contributed by atoms with E-state index in [1.54, 1.807) is 12.1 Å². The predicted molar refractivity (Wildman–Crippen MR) is 121 cm³/mol. The van der Waals surface area contributed by atoms with Gasteiger partial charge < -0.3 is 10.2 Å². The number of ketones is 1. The molecule has 11 heteroatoms. The number of rotatable bonds is 6. The first-order chi connectivity index (χ1) is 15.0. The van der Waals surface area contributed by atoms with Crippen LogP contribution in [0.5, 0.6) is 0 Å². The van der Waals surface area contributed by atoms with E-state index in [1.807, 2.05) is 43.6 Å². The maximum absolute atomic E-state index is 11.5. The number of Topliss-reactive ketones (excluding diaryl/α,β-unsaturated/α-hetero) is 1. The highest BCUT2D eigenvalue weighted by Crippen LogP contribution is 2.30. The molecular weight excluding hydrogens is 438 g/mol. The van der Waals surface area contributed by atoms with Crippen molar-refractivity contribution in [1.29, 1.82) is 0 Å². The summed E-state index contributed by atoms with van der Waals surface area (Å²) in [5.41, 5.74) is 3.51. The molecule has 0 atom stereocenters. The van der Waals surface area contributed by atoms with Gasteiger partial charge in [0.15, 0.2) is 5.78 Å². The van der Waals surface area contributed by atoms with Gasteiger partial charge >= 0.3 is 10.4 Å². The summed E-state index contributed by atoms with van der Waals surface area (Å²) in [5, 5.41) is 14.5. The zero-order chi connectivity index (χ0) is 23.9. The van der Waals surface area contributed by atoms with Crippen LogP contribution in [0, 0.1) is 10.1 Å². The molecule has 0 aromatic heterocycles. The number of likely N-dealkylation sites (N-methyl/N-ethyl adjacent to an activating group) is 1. The number of nitro groups is 1. The number of hydrogen-bond acceptors (Lipinski definition) is 8. The van der Waals surface area contributed by atoms with E-state index in [9.17, 15) is 23.3 Å². The molecule has 170 valence electrons. The van der Waals surface area contributed by atoms with Crippen LogP contribution in [0.25, 0.3) is 5.57 Å². The summed E-state index contributed by atoms with van der Waals surface area (Å²) < 4.78 is 29.7. The molecule has 0 unspecified atom stereocenters. The lowest BCUT2D eigenvalue weighted by Crippen LogP contribution is -2.16. The quantitative estimate of drug-likeness (QED) is 0.284. The highest BCUT2D eigenvalue weighted by Gasteiger charge is 2.17. The predicted octanol–water partition coefficient (Wildman–Crippen LogP) is 3.82. The summed E-state index contributed by atoms with van der Waals surface area (Å²) in [7, 11) is -1.29. The molecule has 0 saturated carbocycles. The molecule has 0 saturated heterocycles. The molecule has 0 aliphatic carbocycles. The van der Waals surface area contributed by atoms with Gasteiger partial charge in [-0.15, -0.1) is 0 Å². The summed E-state index contributed by atoms with van der Waals surface area (Å²) in [6, 6.07) is 12.2. The number of carbonyl (C=O) groups excluding carboxylic acids is 1. The normalized spacial score (nSPS) is 13.0. The molecule has 3 rings (SSSR count). The molecule has 2 aromatic rings.